The smallest absolute Gasteiger partial charge is 0.236 e. The highest BCUT2D eigenvalue weighted by atomic mass is 32.2. The lowest BCUT2D eigenvalue weighted by Gasteiger charge is -2.31. The molecule has 0 bridgehead atoms. The molecule has 1 aromatic heterocycles. The van der Waals surface area contributed by atoms with Gasteiger partial charge in [0.25, 0.3) is 0 Å². The fraction of sp³-hybridized carbons (Fsp3) is 0.750. The second-order valence-corrected chi connectivity index (χ2v) is 10.9. The number of nitrogens with zero attached hydrogens (tertiary/aromatic N) is 4. The summed E-state index contributed by atoms with van der Waals surface area (Å²) in [6.45, 7) is 2.71. The Kier molecular flexibility index (Phi) is 5.88. The van der Waals surface area contributed by atoms with Crippen molar-refractivity contribution in [3.05, 3.63) is 11.8 Å². The number of aliphatic hydroxyl groups is 1. The Morgan fingerprint density at radius 3 is 2.67 bits per heavy atom. The SMILES string of the molecule is C[C@]1(O)CCC[C@H]1Oc1nc(NC2CCN(S(=O)(=O)CC3CC3)CC2)ncc1C#N. The van der Waals surface area contributed by atoms with Crippen molar-refractivity contribution in [2.75, 3.05) is 24.2 Å². The molecule has 1 aliphatic heterocycles. The maximum atomic E-state index is 12.4. The Morgan fingerprint density at radius 1 is 1.33 bits per heavy atom. The van der Waals surface area contributed by atoms with Crippen LogP contribution in [-0.4, -0.2) is 64.4 Å². The van der Waals surface area contributed by atoms with Gasteiger partial charge in [-0.1, -0.05) is 0 Å². The summed E-state index contributed by atoms with van der Waals surface area (Å²) in [5.74, 6) is 1.14. The summed E-state index contributed by atoms with van der Waals surface area (Å²) in [5, 5.41) is 23.0. The molecule has 0 aromatic carbocycles. The molecule has 0 spiro atoms. The summed E-state index contributed by atoms with van der Waals surface area (Å²) < 4.78 is 32.4. The quantitative estimate of drug-likeness (QED) is 0.661. The Hall–Kier alpha value is -1.96. The number of hydrogen-bond donors (Lipinski definition) is 2. The van der Waals surface area contributed by atoms with E-state index in [2.05, 4.69) is 15.3 Å². The van der Waals surface area contributed by atoms with Gasteiger partial charge < -0.3 is 15.2 Å². The van der Waals surface area contributed by atoms with E-state index in [1.54, 1.807) is 11.2 Å². The third-order valence-corrected chi connectivity index (χ3v) is 8.34. The topological polar surface area (TPSA) is 128 Å². The van der Waals surface area contributed by atoms with Gasteiger partial charge in [0.1, 0.15) is 17.7 Å². The van der Waals surface area contributed by atoms with Gasteiger partial charge in [0.05, 0.1) is 17.6 Å². The fourth-order valence-electron chi connectivity index (χ4n) is 4.19. The molecule has 0 unspecified atom stereocenters. The van der Waals surface area contributed by atoms with Crippen LogP contribution in [0.1, 0.15) is 57.4 Å². The summed E-state index contributed by atoms with van der Waals surface area (Å²) in [6, 6.07) is 2.09. The lowest BCUT2D eigenvalue weighted by molar-refractivity contribution is -0.0271. The zero-order valence-corrected chi connectivity index (χ0v) is 18.1. The zero-order chi connectivity index (χ0) is 21.4. The zero-order valence-electron chi connectivity index (χ0n) is 17.2. The van der Waals surface area contributed by atoms with Crippen LogP contribution in [0, 0.1) is 17.2 Å². The van der Waals surface area contributed by atoms with E-state index in [0.29, 0.717) is 50.6 Å². The number of piperidine rings is 1. The molecular formula is C20H29N5O4S. The van der Waals surface area contributed by atoms with E-state index in [4.69, 9.17) is 4.74 Å². The van der Waals surface area contributed by atoms with Crippen molar-refractivity contribution in [3.8, 4) is 11.9 Å². The number of ether oxygens (including phenoxy) is 1. The maximum Gasteiger partial charge on any atom is 0.236 e. The minimum Gasteiger partial charge on any atom is -0.470 e. The van der Waals surface area contributed by atoms with Crippen molar-refractivity contribution in [2.24, 2.45) is 5.92 Å². The standard InChI is InChI=1S/C20H29N5O4S/c1-20(26)8-2-3-17(20)29-18-15(11-21)12-22-19(24-18)23-16-6-9-25(10-7-16)30(27,28)13-14-4-5-14/h12,14,16-17,26H,2-10,13H2,1H3,(H,22,23,24)/t17-,20+/m1/s1. The van der Waals surface area contributed by atoms with Crippen molar-refractivity contribution < 1.29 is 18.3 Å². The van der Waals surface area contributed by atoms with E-state index in [0.717, 1.165) is 19.3 Å². The number of nitriles is 1. The molecule has 2 atom stereocenters. The molecule has 2 heterocycles. The first-order valence-corrected chi connectivity index (χ1v) is 12.3. The number of hydrogen-bond acceptors (Lipinski definition) is 8. The number of rotatable bonds is 7. The van der Waals surface area contributed by atoms with Crippen molar-refractivity contribution in [3.63, 3.8) is 0 Å². The molecule has 0 radical (unpaired) electrons. The third-order valence-electron chi connectivity index (χ3n) is 6.29. The van der Waals surface area contributed by atoms with Gasteiger partial charge in [0.2, 0.25) is 21.9 Å². The highest BCUT2D eigenvalue weighted by Gasteiger charge is 2.39. The Morgan fingerprint density at radius 2 is 2.07 bits per heavy atom. The predicted molar refractivity (Wildman–Crippen MR) is 110 cm³/mol. The molecule has 30 heavy (non-hydrogen) atoms. The van der Waals surface area contributed by atoms with E-state index < -0.39 is 21.7 Å². The molecule has 0 amide bonds. The first kappa shape index (κ1) is 21.3. The van der Waals surface area contributed by atoms with Gasteiger partial charge in [0.15, 0.2) is 0 Å². The summed E-state index contributed by atoms with van der Waals surface area (Å²) in [5.41, 5.74) is -0.714. The van der Waals surface area contributed by atoms with Crippen LogP contribution < -0.4 is 10.1 Å². The first-order chi connectivity index (χ1) is 14.3. The highest BCUT2D eigenvalue weighted by Crippen LogP contribution is 2.34. The number of aromatic nitrogens is 2. The summed E-state index contributed by atoms with van der Waals surface area (Å²) in [6.07, 6.45) is 6.61. The van der Waals surface area contributed by atoms with Gasteiger partial charge in [-0.15, -0.1) is 0 Å². The van der Waals surface area contributed by atoms with Crippen LogP contribution in [0.2, 0.25) is 0 Å². The molecule has 2 saturated carbocycles. The van der Waals surface area contributed by atoms with E-state index in [-0.39, 0.29) is 23.2 Å². The highest BCUT2D eigenvalue weighted by molar-refractivity contribution is 7.89. The van der Waals surface area contributed by atoms with E-state index in [1.807, 2.05) is 6.07 Å². The maximum absolute atomic E-state index is 12.4. The first-order valence-electron chi connectivity index (χ1n) is 10.7. The Labute approximate surface area is 177 Å². The predicted octanol–water partition coefficient (Wildman–Crippen LogP) is 1.65. The molecule has 9 nitrogen and oxygen atoms in total. The molecule has 4 rings (SSSR count). The molecule has 1 saturated heterocycles. The monoisotopic (exact) mass is 435 g/mol. The molecule has 3 fully saturated rings. The van der Waals surface area contributed by atoms with Crippen molar-refractivity contribution >= 4 is 16.0 Å². The van der Waals surface area contributed by atoms with Crippen LogP contribution >= 0.6 is 0 Å². The van der Waals surface area contributed by atoms with E-state index in [1.165, 1.54) is 6.20 Å². The van der Waals surface area contributed by atoms with Gasteiger partial charge in [-0.3, -0.25) is 0 Å². The Balaban J connectivity index is 1.37. The van der Waals surface area contributed by atoms with Gasteiger partial charge in [-0.05, 0) is 57.8 Å². The molecule has 1 aromatic rings. The van der Waals surface area contributed by atoms with Crippen LogP contribution in [0.25, 0.3) is 0 Å². The van der Waals surface area contributed by atoms with Crippen LogP contribution in [0.15, 0.2) is 6.20 Å². The largest absolute Gasteiger partial charge is 0.470 e. The Bertz CT molecular complexity index is 918. The fourth-order valence-corrected chi connectivity index (χ4v) is 6.10. The third kappa shape index (κ3) is 4.85. The van der Waals surface area contributed by atoms with Crippen molar-refractivity contribution in [1.29, 1.82) is 5.26 Å². The molecule has 10 heteroatoms. The minimum atomic E-state index is -3.16. The average Bonchev–Trinajstić information content (AvgIpc) is 3.44. The lowest BCUT2D eigenvalue weighted by Crippen LogP contribution is -2.43. The lowest BCUT2D eigenvalue weighted by atomic mass is 10.0. The number of nitrogens with one attached hydrogen (secondary N) is 1. The van der Waals surface area contributed by atoms with Crippen molar-refractivity contribution in [1.82, 2.24) is 14.3 Å². The second kappa shape index (κ2) is 8.29. The molecule has 2 N–H and O–H groups in total. The van der Waals surface area contributed by atoms with Crippen LogP contribution in [0.5, 0.6) is 5.88 Å². The summed E-state index contributed by atoms with van der Waals surface area (Å²) in [4.78, 5) is 8.58. The van der Waals surface area contributed by atoms with E-state index >= 15 is 0 Å². The van der Waals surface area contributed by atoms with Gasteiger partial charge >= 0.3 is 0 Å². The number of sulfonamides is 1. The molecule has 2 aliphatic carbocycles. The second-order valence-electron chi connectivity index (χ2n) is 8.92. The van der Waals surface area contributed by atoms with Gasteiger partial charge in [-0.25, -0.2) is 17.7 Å². The van der Waals surface area contributed by atoms with Crippen LogP contribution in [0.4, 0.5) is 5.95 Å². The minimum absolute atomic E-state index is 0.0488. The van der Waals surface area contributed by atoms with Crippen LogP contribution in [0.3, 0.4) is 0 Å². The molecule has 3 aliphatic rings. The average molecular weight is 436 g/mol. The number of anilines is 1. The van der Waals surface area contributed by atoms with E-state index in [9.17, 15) is 18.8 Å². The molecule has 164 valence electrons. The van der Waals surface area contributed by atoms with Gasteiger partial charge in [-0.2, -0.15) is 10.2 Å². The summed E-state index contributed by atoms with van der Waals surface area (Å²) in [7, 11) is -3.16. The molecular weight excluding hydrogens is 406 g/mol. The van der Waals surface area contributed by atoms with Gasteiger partial charge in [0, 0.05) is 19.1 Å². The normalized spacial score (nSPS) is 28.2. The van der Waals surface area contributed by atoms with Crippen molar-refractivity contribution in [2.45, 2.75) is 69.6 Å². The van der Waals surface area contributed by atoms with Crippen LogP contribution in [-0.2, 0) is 10.0 Å². The summed E-state index contributed by atoms with van der Waals surface area (Å²) >= 11 is 0.